The standard InChI is InChI=1S/C24H23ClN4S/c25-19-10-8-17(9-11-19)20-15-30-24-22(20)23(27-16-28-24)26-14-21(29-12-4-5-13-29)18-6-2-1-3-7-18/h1-3,6-11,15-16,21H,4-5,12-14H2,(H,26,27,28). The number of rotatable bonds is 6. The van der Waals surface area contributed by atoms with Crippen molar-refractivity contribution < 1.29 is 0 Å². The second-order valence-corrected chi connectivity index (χ2v) is 8.90. The summed E-state index contributed by atoms with van der Waals surface area (Å²) in [5, 5.41) is 7.64. The lowest BCUT2D eigenvalue weighted by Gasteiger charge is -2.28. The van der Waals surface area contributed by atoms with Crippen molar-refractivity contribution in [2.24, 2.45) is 0 Å². The number of hydrogen-bond donors (Lipinski definition) is 1. The van der Waals surface area contributed by atoms with Gasteiger partial charge < -0.3 is 5.32 Å². The molecule has 152 valence electrons. The number of hydrogen-bond acceptors (Lipinski definition) is 5. The number of fused-ring (bicyclic) bond motifs is 1. The third-order valence-electron chi connectivity index (χ3n) is 5.75. The number of nitrogens with one attached hydrogen (secondary N) is 1. The van der Waals surface area contributed by atoms with Gasteiger partial charge in [0.25, 0.3) is 0 Å². The smallest absolute Gasteiger partial charge is 0.138 e. The maximum absolute atomic E-state index is 6.09. The van der Waals surface area contributed by atoms with Gasteiger partial charge in [0, 0.05) is 22.5 Å². The van der Waals surface area contributed by atoms with E-state index in [4.69, 9.17) is 11.6 Å². The Kier molecular flexibility index (Phi) is 5.67. The molecule has 0 amide bonds. The van der Waals surface area contributed by atoms with Crippen molar-refractivity contribution in [1.29, 1.82) is 0 Å². The molecular weight excluding hydrogens is 412 g/mol. The maximum Gasteiger partial charge on any atom is 0.138 e. The molecule has 1 fully saturated rings. The van der Waals surface area contributed by atoms with Crippen LogP contribution in [0.3, 0.4) is 0 Å². The van der Waals surface area contributed by atoms with Gasteiger partial charge in [-0.05, 0) is 49.2 Å². The molecule has 0 bridgehead atoms. The lowest BCUT2D eigenvalue weighted by molar-refractivity contribution is 0.256. The molecule has 1 N–H and O–H groups in total. The summed E-state index contributed by atoms with van der Waals surface area (Å²) < 4.78 is 0. The molecule has 1 aliphatic heterocycles. The summed E-state index contributed by atoms with van der Waals surface area (Å²) in [6.07, 6.45) is 4.19. The number of anilines is 1. The van der Waals surface area contributed by atoms with E-state index in [-0.39, 0.29) is 0 Å². The maximum atomic E-state index is 6.09. The van der Waals surface area contributed by atoms with Gasteiger partial charge in [-0.15, -0.1) is 11.3 Å². The first-order chi connectivity index (χ1) is 14.8. The van der Waals surface area contributed by atoms with Crippen LogP contribution in [0.15, 0.2) is 66.3 Å². The second kappa shape index (κ2) is 8.72. The molecule has 0 saturated carbocycles. The summed E-state index contributed by atoms with van der Waals surface area (Å²) in [4.78, 5) is 12.7. The molecule has 0 radical (unpaired) electrons. The predicted octanol–water partition coefficient (Wildman–Crippen LogP) is 6.26. The third-order valence-corrected chi connectivity index (χ3v) is 6.89. The molecule has 5 rings (SSSR count). The SMILES string of the molecule is Clc1ccc(-c2csc3ncnc(NCC(c4ccccc4)N4CCCC4)c23)cc1. The Morgan fingerprint density at radius 2 is 1.77 bits per heavy atom. The van der Waals surface area contributed by atoms with Crippen LogP contribution >= 0.6 is 22.9 Å². The average Bonchev–Trinajstić information content (AvgIpc) is 3.46. The minimum atomic E-state index is 0.330. The van der Waals surface area contributed by atoms with Crippen molar-refractivity contribution in [2.75, 3.05) is 25.0 Å². The van der Waals surface area contributed by atoms with Crippen molar-refractivity contribution in [3.05, 3.63) is 76.9 Å². The van der Waals surface area contributed by atoms with E-state index in [0.29, 0.717) is 6.04 Å². The van der Waals surface area contributed by atoms with Crippen LogP contribution in [-0.4, -0.2) is 34.5 Å². The molecule has 2 aromatic carbocycles. The van der Waals surface area contributed by atoms with E-state index < -0.39 is 0 Å². The van der Waals surface area contributed by atoms with Crippen LogP contribution < -0.4 is 5.32 Å². The summed E-state index contributed by atoms with van der Waals surface area (Å²) >= 11 is 7.74. The molecule has 4 aromatic rings. The van der Waals surface area contributed by atoms with Crippen molar-refractivity contribution in [3.63, 3.8) is 0 Å². The Balaban J connectivity index is 1.47. The first kappa shape index (κ1) is 19.5. The monoisotopic (exact) mass is 434 g/mol. The van der Waals surface area contributed by atoms with Gasteiger partial charge in [0.2, 0.25) is 0 Å². The Morgan fingerprint density at radius 3 is 2.53 bits per heavy atom. The molecule has 0 spiro atoms. The topological polar surface area (TPSA) is 41.1 Å². The van der Waals surface area contributed by atoms with E-state index in [1.165, 1.54) is 18.4 Å². The summed E-state index contributed by atoms with van der Waals surface area (Å²) in [6, 6.07) is 19.1. The van der Waals surface area contributed by atoms with E-state index in [9.17, 15) is 0 Å². The lowest BCUT2D eigenvalue weighted by atomic mass is 10.0. The Bertz CT molecular complexity index is 1120. The van der Waals surface area contributed by atoms with E-state index >= 15 is 0 Å². The van der Waals surface area contributed by atoms with Crippen LogP contribution in [0.2, 0.25) is 5.02 Å². The average molecular weight is 435 g/mol. The number of likely N-dealkylation sites (tertiary alicyclic amines) is 1. The molecule has 1 atom stereocenters. The minimum absolute atomic E-state index is 0.330. The normalized spacial score (nSPS) is 15.5. The van der Waals surface area contributed by atoms with Gasteiger partial charge >= 0.3 is 0 Å². The van der Waals surface area contributed by atoms with Gasteiger partial charge in [-0.2, -0.15) is 0 Å². The highest BCUT2D eigenvalue weighted by atomic mass is 35.5. The zero-order chi connectivity index (χ0) is 20.3. The number of nitrogens with zero attached hydrogens (tertiary/aromatic N) is 3. The Labute approximate surface area is 185 Å². The summed E-state index contributed by atoms with van der Waals surface area (Å²) in [5.41, 5.74) is 3.62. The fraction of sp³-hybridized carbons (Fsp3) is 0.250. The predicted molar refractivity (Wildman–Crippen MR) is 126 cm³/mol. The summed E-state index contributed by atoms with van der Waals surface area (Å²) in [5.74, 6) is 0.895. The first-order valence-electron chi connectivity index (χ1n) is 10.3. The van der Waals surface area contributed by atoms with Gasteiger partial charge in [0.05, 0.1) is 11.4 Å². The molecule has 3 heterocycles. The molecule has 0 aliphatic carbocycles. The fourth-order valence-electron chi connectivity index (χ4n) is 4.23. The molecule has 6 heteroatoms. The zero-order valence-electron chi connectivity index (χ0n) is 16.6. The highest BCUT2D eigenvalue weighted by Gasteiger charge is 2.24. The third kappa shape index (κ3) is 3.93. The van der Waals surface area contributed by atoms with Crippen molar-refractivity contribution >= 4 is 39.0 Å². The lowest BCUT2D eigenvalue weighted by Crippen LogP contribution is -2.31. The van der Waals surface area contributed by atoms with Crippen molar-refractivity contribution in [2.45, 2.75) is 18.9 Å². The van der Waals surface area contributed by atoms with E-state index in [1.54, 1.807) is 17.7 Å². The van der Waals surface area contributed by atoms with Gasteiger partial charge in [0.15, 0.2) is 0 Å². The quantitative estimate of drug-likeness (QED) is 0.388. The van der Waals surface area contributed by atoms with E-state index in [0.717, 1.165) is 51.8 Å². The van der Waals surface area contributed by atoms with Gasteiger partial charge in [-0.3, -0.25) is 4.90 Å². The molecular formula is C24H23ClN4S. The number of thiophene rings is 1. The van der Waals surface area contributed by atoms with Crippen LogP contribution in [0.5, 0.6) is 0 Å². The molecule has 1 aliphatic rings. The number of aromatic nitrogens is 2. The number of benzene rings is 2. The second-order valence-electron chi connectivity index (χ2n) is 7.61. The van der Waals surface area contributed by atoms with E-state index in [1.807, 2.05) is 12.1 Å². The van der Waals surface area contributed by atoms with E-state index in [2.05, 4.69) is 68.0 Å². The largest absolute Gasteiger partial charge is 0.367 e. The fourth-order valence-corrected chi connectivity index (χ4v) is 5.27. The number of halogens is 1. The summed E-state index contributed by atoms with van der Waals surface area (Å²) in [7, 11) is 0. The zero-order valence-corrected chi connectivity index (χ0v) is 18.2. The Morgan fingerprint density at radius 1 is 1.00 bits per heavy atom. The van der Waals surface area contributed by atoms with Gasteiger partial charge in [-0.25, -0.2) is 9.97 Å². The Hall–Kier alpha value is -2.47. The molecule has 1 unspecified atom stereocenters. The van der Waals surface area contributed by atoms with Gasteiger partial charge in [0.1, 0.15) is 17.0 Å². The van der Waals surface area contributed by atoms with Crippen LogP contribution in [0.1, 0.15) is 24.4 Å². The minimum Gasteiger partial charge on any atom is -0.367 e. The van der Waals surface area contributed by atoms with Crippen LogP contribution in [0.25, 0.3) is 21.3 Å². The van der Waals surface area contributed by atoms with Crippen molar-refractivity contribution in [3.8, 4) is 11.1 Å². The molecule has 2 aromatic heterocycles. The highest BCUT2D eigenvalue weighted by Crippen LogP contribution is 2.37. The van der Waals surface area contributed by atoms with Crippen LogP contribution in [0.4, 0.5) is 5.82 Å². The molecule has 4 nitrogen and oxygen atoms in total. The van der Waals surface area contributed by atoms with Crippen LogP contribution in [0, 0.1) is 0 Å². The van der Waals surface area contributed by atoms with Crippen LogP contribution in [-0.2, 0) is 0 Å². The molecule has 30 heavy (non-hydrogen) atoms. The highest BCUT2D eigenvalue weighted by molar-refractivity contribution is 7.17. The summed E-state index contributed by atoms with van der Waals surface area (Å²) in [6.45, 7) is 3.11. The first-order valence-corrected chi connectivity index (χ1v) is 11.6. The van der Waals surface area contributed by atoms with Crippen molar-refractivity contribution in [1.82, 2.24) is 14.9 Å². The van der Waals surface area contributed by atoms with Gasteiger partial charge in [-0.1, -0.05) is 54.1 Å². The molecule has 1 saturated heterocycles.